The first-order chi connectivity index (χ1) is 22.2. The fourth-order valence-corrected chi connectivity index (χ4v) is 8.35. The monoisotopic (exact) mass is 665 g/mol. The SMILES string of the molecule is CC[C@@H]1N[C@H]2CC2[C@@H]1[C@H](C)Oc1nc(-c2c(F)c(N)cc(C)c2C(F)(F)F)c(F)c2nc(OC[C@@]34CCCN3C[C@H](F)C4)nc(N)c12. The van der Waals surface area contributed by atoms with Crippen molar-refractivity contribution in [3.05, 3.63) is 28.8 Å². The summed E-state index contributed by atoms with van der Waals surface area (Å²) in [6.45, 7) is 5.92. The van der Waals surface area contributed by atoms with E-state index in [1.54, 1.807) is 6.92 Å². The third-order valence-electron chi connectivity index (χ3n) is 10.5. The molecule has 254 valence electrons. The summed E-state index contributed by atoms with van der Waals surface area (Å²) < 4.78 is 102. The predicted molar refractivity (Wildman–Crippen MR) is 162 cm³/mol. The summed E-state index contributed by atoms with van der Waals surface area (Å²) in [7, 11) is 0. The highest BCUT2D eigenvalue weighted by Crippen LogP contribution is 2.50. The van der Waals surface area contributed by atoms with Gasteiger partial charge in [0.15, 0.2) is 11.6 Å². The summed E-state index contributed by atoms with van der Waals surface area (Å²) >= 11 is 0. The Bertz CT molecular complexity index is 1740. The molecule has 9 nitrogen and oxygen atoms in total. The summed E-state index contributed by atoms with van der Waals surface area (Å²) in [4.78, 5) is 14.6. The molecule has 1 saturated carbocycles. The van der Waals surface area contributed by atoms with Gasteiger partial charge in [0.2, 0.25) is 5.88 Å². The summed E-state index contributed by atoms with van der Waals surface area (Å²) in [5.74, 6) is -3.14. The van der Waals surface area contributed by atoms with E-state index in [9.17, 15) is 17.6 Å². The molecule has 7 rings (SSSR count). The lowest BCUT2D eigenvalue weighted by Gasteiger charge is -2.30. The third kappa shape index (κ3) is 5.29. The van der Waals surface area contributed by atoms with Gasteiger partial charge in [0.25, 0.3) is 0 Å². The maximum absolute atomic E-state index is 16.6. The van der Waals surface area contributed by atoms with E-state index in [2.05, 4.69) is 20.3 Å². The minimum Gasteiger partial charge on any atom is -0.474 e. The molecule has 0 amide bonds. The van der Waals surface area contributed by atoms with Crippen molar-refractivity contribution in [2.24, 2.45) is 11.8 Å². The van der Waals surface area contributed by atoms with Gasteiger partial charge in [-0.1, -0.05) is 6.92 Å². The maximum Gasteiger partial charge on any atom is 0.417 e. The number of fused-ring (bicyclic) bond motifs is 3. The molecule has 3 aliphatic heterocycles. The molecule has 5 heterocycles. The number of nitrogen functional groups attached to an aromatic ring is 2. The largest absolute Gasteiger partial charge is 0.474 e. The van der Waals surface area contributed by atoms with Gasteiger partial charge in [-0.25, -0.2) is 18.2 Å². The molecule has 0 radical (unpaired) electrons. The van der Waals surface area contributed by atoms with Crippen LogP contribution < -0.4 is 26.3 Å². The smallest absolute Gasteiger partial charge is 0.417 e. The molecule has 3 aromatic rings. The van der Waals surface area contributed by atoms with E-state index in [4.69, 9.17) is 20.9 Å². The maximum atomic E-state index is 16.6. The van der Waals surface area contributed by atoms with Gasteiger partial charge >= 0.3 is 12.2 Å². The van der Waals surface area contributed by atoms with E-state index in [0.717, 1.165) is 32.3 Å². The summed E-state index contributed by atoms with van der Waals surface area (Å²) in [6, 6.07) is 0.945. The number of aromatic nitrogens is 3. The normalized spacial score (nSPS) is 29.3. The van der Waals surface area contributed by atoms with Crippen LogP contribution in [0.5, 0.6) is 11.9 Å². The molecule has 1 aliphatic carbocycles. The van der Waals surface area contributed by atoms with Crippen LogP contribution in [-0.4, -0.2) is 69.4 Å². The van der Waals surface area contributed by atoms with Gasteiger partial charge < -0.3 is 26.3 Å². The van der Waals surface area contributed by atoms with Crippen molar-refractivity contribution in [1.82, 2.24) is 25.2 Å². The molecular weight excluding hydrogens is 628 g/mol. The van der Waals surface area contributed by atoms with E-state index < -0.39 is 69.2 Å². The fraction of sp³-hybridized carbons (Fsp3) is 0.594. The standard InChI is InChI=1S/C32H37F6N7O2/c1-4-18-20(16-9-19(16)41-18)14(3)47-29-22-27(25(35)26(42-29)21-23(32(36,37)38)13(2)8-17(39)24(21)34)43-30(44-28(22)40)46-12-31-6-5-7-45(31)11-15(33)10-31/h8,14-16,18-20,41H,4-7,9-12,39H2,1-3H3,(H2,40,43,44)/t14-,15+,16?,18-,19-,20-,31-/m0/s1. The van der Waals surface area contributed by atoms with Gasteiger partial charge in [0.1, 0.15) is 41.3 Å². The Kier molecular flexibility index (Phi) is 7.65. The average Bonchev–Trinajstić information content (AvgIpc) is 3.31. The number of alkyl halides is 4. The Morgan fingerprint density at radius 1 is 1.17 bits per heavy atom. The number of piperidine rings is 1. The number of hydrogen-bond donors (Lipinski definition) is 3. The quantitative estimate of drug-likeness (QED) is 0.209. The molecule has 5 N–H and O–H groups in total. The van der Waals surface area contributed by atoms with E-state index >= 15 is 8.78 Å². The number of nitrogens with two attached hydrogens (primary N) is 2. The summed E-state index contributed by atoms with van der Waals surface area (Å²) in [5, 5.41) is 3.37. The van der Waals surface area contributed by atoms with Crippen LogP contribution in [0.25, 0.3) is 22.2 Å². The highest BCUT2D eigenvalue weighted by atomic mass is 19.4. The first-order valence-electron chi connectivity index (χ1n) is 16.0. The zero-order valence-corrected chi connectivity index (χ0v) is 26.2. The van der Waals surface area contributed by atoms with Crippen LogP contribution in [0, 0.1) is 30.4 Å². The van der Waals surface area contributed by atoms with Crippen LogP contribution in [0.1, 0.15) is 57.1 Å². The zero-order valence-electron chi connectivity index (χ0n) is 26.2. The highest BCUT2D eigenvalue weighted by molar-refractivity contribution is 5.96. The molecule has 1 unspecified atom stereocenters. The van der Waals surface area contributed by atoms with Crippen LogP contribution >= 0.6 is 0 Å². The van der Waals surface area contributed by atoms with Crippen molar-refractivity contribution in [3.8, 4) is 23.1 Å². The molecular formula is C32H37F6N7O2. The topological polar surface area (TPSA) is 124 Å². The van der Waals surface area contributed by atoms with E-state index in [1.807, 2.05) is 11.8 Å². The van der Waals surface area contributed by atoms with Gasteiger partial charge in [0.05, 0.1) is 22.4 Å². The zero-order chi connectivity index (χ0) is 33.6. The molecule has 0 spiro atoms. The van der Waals surface area contributed by atoms with Crippen molar-refractivity contribution in [3.63, 3.8) is 0 Å². The highest BCUT2D eigenvalue weighted by Gasteiger charge is 2.55. The van der Waals surface area contributed by atoms with Crippen molar-refractivity contribution in [2.75, 3.05) is 31.2 Å². The second-order valence-corrected chi connectivity index (χ2v) is 13.5. The Hall–Kier alpha value is -3.59. The van der Waals surface area contributed by atoms with Crippen LogP contribution in [0.3, 0.4) is 0 Å². The van der Waals surface area contributed by atoms with E-state index in [1.165, 1.54) is 0 Å². The molecule has 4 fully saturated rings. The van der Waals surface area contributed by atoms with Crippen LogP contribution in [0.2, 0.25) is 0 Å². The Morgan fingerprint density at radius 2 is 1.94 bits per heavy atom. The Morgan fingerprint density at radius 3 is 2.66 bits per heavy atom. The second-order valence-electron chi connectivity index (χ2n) is 13.5. The summed E-state index contributed by atoms with van der Waals surface area (Å²) in [6.07, 6.45) is -3.10. The molecule has 2 aromatic heterocycles. The first kappa shape index (κ1) is 32.0. The number of nitrogens with one attached hydrogen (secondary N) is 1. The van der Waals surface area contributed by atoms with E-state index in [0.29, 0.717) is 24.9 Å². The number of nitrogens with zero attached hydrogens (tertiary/aromatic N) is 4. The number of rotatable bonds is 8. The predicted octanol–water partition coefficient (Wildman–Crippen LogP) is 5.57. The summed E-state index contributed by atoms with van der Waals surface area (Å²) in [5.41, 5.74) is 6.36. The van der Waals surface area contributed by atoms with Crippen LogP contribution in [-0.2, 0) is 6.18 Å². The molecule has 47 heavy (non-hydrogen) atoms. The van der Waals surface area contributed by atoms with Crippen molar-refractivity contribution < 1.29 is 35.8 Å². The third-order valence-corrected chi connectivity index (χ3v) is 10.5. The first-order valence-corrected chi connectivity index (χ1v) is 16.0. The van der Waals surface area contributed by atoms with Crippen LogP contribution in [0.4, 0.5) is 37.8 Å². The number of anilines is 2. The van der Waals surface area contributed by atoms with Gasteiger partial charge in [-0.3, -0.25) is 4.90 Å². The molecule has 3 saturated heterocycles. The van der Waals surface area contributed by atoms with Gasteiger partial charge in [-0.2, -0.15) is 23.1 Å². The van der Waals surface area contributed by atoms with Gasteiger partial charge in [-0.05, 0) is 63.6 Å². The fourth-order valence-electron chi connectivity index (χ4n) is 8.35. The van der Waals surface area contributed by atoms with E-state index in [-0.39, 0.29) is 54.6 Å². The lowest BCUT2D eigenvalue weighted by molar-refractivity contribution is -0.137. The molecule has 7 atom stereocenters. The van der Waals surface area contributed by atoms with Crippen molar-refractivity contribution in [1.29, 1.82) is 0 Å². The Labute approximate surface area is 267 Å². The number of hydrogen-bond acceptors (Lipinski definition) is 9. The number of ether oxygens (including phenoxy) is 2. The second kappa shape index (κ2) is 11.2. The van der Waals surface area contributed by atoms with Gasteiger partial charge in [0, 0.05) is 31.0 Å². The lowest BCUT2D eigenvalue weighted by atomic mass is 9.90. The Balaban J connectivity index is 1.37. The van der Waals surface area contributed by atoms with Crippen LogP contribution in [0.15, 0.2) is 6.07 Å². The molecule has 4 aliphatic rings. The number of pyridine rings is 1. The minimum absolute atomic E-state index is 0.00474. The van der Waals surface area contributed by atoms with Gasteiger partial charge in [-0.15, -0.1) is 0 Å². The number of aryl methyl sites for hydroxylation is 1. The molecule has 15 heteroatoms. The lowest BCUT2D eigenvalue weighted by Crippen LogP contribution is -2.43. The minimum atomic E-state index is -5.09. The average molecular weight is 666 g/mol. The van der Waals surface area contributed by atoms with Crippen molar-refractivity contribution in [2.45, 2.75) is 88.9 Å². The number of benzene rings is 1. The molecule has 0 bridgehead atoms. The van der Waals surface area contributed by atoms with Crippen molar-refractivity contribution >= 4 is 22.4 Å². The number of halogens is 6. The molecule has 1 aromatic carbocycles.